The maximum absolute atomic E-state index is 13.7. The van der Waals surface area contributed by atoms with Gasteiger partial charge in [-0.05, 0) is 37.1 Å². The summed E-state index contributed by atoms with van der Waals surface area (Å²) in [6.45, 7) is 4.60. The van der Waals surface area contributed by atoms with Crippen LogP contribution >= 0.6 is 0 Å². The Morgan fingerprint density at radius 1 is 1.15 bits per heavy atom. The first-order valence-corrected chi connectivity index (χ1v) is 9.94. The summed E-state index contributed by atoms with van der Waals surface area (Å²) in [6.07, 6.45) is 5.85. The van der Waals surface area contributed by atoms with Crippen LogP contribution in [-0.4, -0.2) is 51.3 Å². The lowest BCUT2D eigenvalue weighted by atomic mass is 9.66. The number of amides is 2. The zero-order valence-electron chi connectivity index (χ0n) is 15.9. The molecule has 1 saturated carbocycles. The largest absolute Gasteiger partial charge is 0.337 e. The van der Waals surface area contributed by atoms with E-state index in [1.165, 1.54) is 0 Å². The van der Waals surface area contributed by atoms with Gasteiger partial charge in [-0.25, -0.2) is 0 Å². The van der Waals surface area contributed by atoms with Crippen molar-refractivity contribution >= 4 is 22.6 Å². The minimum atomic E-state index is -0.00686. The molecule has 3 aliphatic rings. The molecular formula is C22H25N3O2. The molecule has 2 aromatic rings. The Bertz CT molecular complexity index is 937. The van der Waals surface area contributed by atoms with E-state index in [1.807, 2.05) is 35.2 Å². The molecule has 0 spiro atoms. The highest BCUT2D eigenvalue weighted by atomic mass is 16.2. The average molecular weight is 363 g/mol. The Labute approximate surface area is 159 Å². The summed E-state index contributed by atoms with van der Waals surface area (Å²) in [7, 11) is 0. The van der Waals surface area contributed by atoms with Crippen molar-refractivity contribution in [2.75, 3.05) is 6.54 Å². The summed E-state index contributed by atoms with van der Waals surface area (Å²) < 4.78 is 0. The minimum absolute atomic E-state index is 0.00686. The predicted octanol–water partition coefficient (Wildman–Crippen LogP) is 3.24. The third-order valence-electron chi connectivity index (χ3n) is 7.18. The fourth-order valence-corrected chi connectivity index (χ4v) is 6.06. The number of hydrogen-bond donors (Lipinski definition) is 0. The van der Waals surface area contributed by atoms with Gasteiger partial charge in [-0.3, -0.25) is 14.6 Å². The van der Waals surface area contributed by atoms with Crippen molar-refractivity contribution in [1.82, 2.24) is 14.8 Å². The Hall–Kier alpha value is -2.43. The van der Waals surface area contributed by atoms with Gasteiger partial charge in [0.15, 0.2) is 0 Å². The molecule has 1 aromatic heterocycles. The second-order valence-corrected chi connectivity index (χ2v) is 8.59. The van der Waals surface area contributed by atoms with Crippen molar-refractivity contribution in [3.05, 3.63) is 42.2 Å². The number of pyridine rings is 1. The molecule has 2 aliphatic heterocycles. The molecule has 0 N–H and O–H groups in total. The van der Waals surface area contributed by atoms with Gasteiger partial charge in [-0.15, -0.1) is 0 Å². The molecule has 5 nitrogen and oxygen atoms in total. The van der Waals surface area contributed by atoms with E-state index in [-0.39, 0.29) is 35.4 Å². The van der Waals surface area contributed by atoms with E-state index in [9.17, 15) is 9.59 Å². The van der Waals surface area contributed by atoms with Crippen LogP contribution in [0, 0.1) is 5.41 Å². The van der Waals surface area contributed by atoms with Gasteiger partial charge in [0.1, 0.15) is 5.69 Å². The van der Waals surface area contributed by atoms with Gasteiger partial charge in [0.25, 0.3) is 5.91 Å². The van der Waals surface area contributed by atoms with Crippen LogP contribution in [0.5, 0.6) is 0 Å². The van der Waals surface area contributed by atoms with E-state index >= 15 is 0 Å². The normalized spacial score (nSPS) is 32.0. The van der Waals surface area contributed by atoms with Crippen LogP contribution in [0.2, 0.25) is 0 Å². The summed E-state index contributed by atoms with van der Waals surface area (Å²) >= 11 is 0. The first kappa shape index (κ1) is 16.7. The second-order valence-electron chi connectivity index (χ2n) is 8.59. The zero-order chi connectivity index (χ0) is 18.8. The minimum Gasteiger partial charge on any atom is -0.337 e. The number of aromatic nitrogens is 1. The van der Waals surface area contributed by atoms with Crippen molar-refractivity contribution in [1.29, 1.82) is 0 Å². The molecular weight excluding hydrogens is 338 g/mol. The van der Waals surface area contributed by atoms with E-state index < -0.39 is 0 Å². The first-order valence-electron chi connectivity index (χ1n) is 9.94. The lowest BCUT2D eigenvalue weighted by Crippen LogP contribution is -2.57. The van der Waals surface area contributed by atoms with Crippen molar-refractivity contribution in [3.63, 3.8) is 0 Å². The van der Waals surface area contributed by atoms with E-state index in [4.69, 9.17) is 0 Å². The van der Waals surface area contributed by atoms with Gasteiger partial charge in [0.2, 0.25) is 5.91 Å². The molecule has 5 heteroatoms. The fourth-order valence-electron chi connectivity index (χ4n) is 6.06. The molecule has 5 rings (SSSR count). The highest BCUT2D eigenvalue weighted by molar-refractivity contribution is 6.05. The Morgan fingerprint density at radius 3 is 2.74 bits per heavy atom. The van der Waals surface area contributed by atoms with Crippen LogP contribution in [-0.2, 0) is 4.79 Å². The first-order chi connectivity index (χ1) is 13.0. The lowest BCUT2D eigenvalue weighted by molar-refractivity contribution is -0.137. The van der Waals surface area contributed by atoms with E-state index in [2.05, 4.69) is 16.8 Å². The van der Waals surface area contributed by atoms with Gasteiger partial charge < -0.3 is 9.80 Å². The molecule has 1 aliphatic carbocycles. The molecule has 0 radical (unpaired) electrons. The van der Waals surface area contributed by atoms with Crippen molar-refractivity contribution in [2.45, 2.75) is 57.7 Å². The summed E-state index contributed by atoms with van der Waals surface area (Å²) in [5.41, 5.74) is 0.535. The molecule has 3 fully saturated rings. The SMILES string of the molecule is CC(=O)N1C[C@@H]2C[C@@]3(C)[C@H](CCC[C@@H]13)N2C(=O)c1nccc2ccccc12. The number of likely N-dealkylation sites (tertiary alicyclic amines) is 2. The number of benzene rings is 1. The standard InChI is InChI=1S/C22H25N3O2/c1-14(26)24-13-16-12-22(2)18(24)8-5-9-19(22)25(16)21(27)20-17-7-4-3-6-15(17)10-11-23-20/h3-4,6-7,10-11,16,18-19H,5,8-9,12-13H2,1-2H3/t16-,18+,19-,22+/m0/s1. The summed E-state index contributed by atoms with van der Waals surface area (Å²) in [6, 6.07) is 10.4. The highest BCUT2D eigenvalue weighted by Crippen LogP contribution is 2.54. The Balaban J connectivity index is 1.59. The Morgan fingerprint density at radius 2 is 1.93 bits per heavy atom. The molecule has 0 unspecified atom stereocenters. The smallest absolute Gasteiger partial charge is 0.273 e. The van der Waals surface area contributed by atoms with Crippen molar-refractivity contribution in [3.8, 4) is 0 Å². The number of carbonyl (C=O) groups is 2. The van der Waals surface area contributed by atoms with Crippen LogP contribution in [0.3, 0.4) is 0 Å². The molecule has 2 bridgehead atoms. The number of piperidine rings is 1. The zero-order valence-corrected chi connectivity index (χ0v) is 15.9. The van der Waals surface area contributed by atoms with E-state index in [0.29, 0.717) is 12.2 Å². The third kappa shape index (κ3) is 2.27. The number of fused-ring (bicyclic) bond motifs is 2. The summed E-state index contributed by atoms with van der Waals surface area (Å²) in [5, 5.41) is 1.95. The molecule has 2 saturated heterocycles. The maximum atomic E-state index is 13.7. The number of hydrogen-bond acceptors (Lipinski definition) is 3. The van der Waals surface area contributed by atoms with Gasteiger partial charge in [-0.2, -0.15) is 0 Å². The molecule has 1 aromatic carbocycles. The monoisotopic (exact) mass is 363 g/mol. The fraction of sp³-hybridized carbons (Fsp3) is 0.500. The average Bonchev–Trinajstić information content (AvgIpc) is 2.96. The summed E-state index contributed by atoms with van der Waals surface area (Å²) in [4.78, 5) is 34.6. The number of carbonyl (C=O) groups excluding carboxylic acids is 2. The maximum Gasteiger partial charge on any atom is 0.273 e. The van der Waals surface area contributed by atoms with Crippen LogP contribution in [0.4, 0.5) is 0 Å². The summed E-state index contributed by atoms with van der Waals surface area (Å²) in [5.74, 6) is 0.158. The van der Waals surface area contributed by atoms with Gasteiger partial charge in [0, 0.05) is 42.6 Å². The molecule has 140 valence electrons. The molecule has 4 atom stereocenters. The van der Waals surface area contributed by atoms with E-state index in [1.54, 1.807) is 13.1 Å². The van der Waals surface area contributed by atoms with Crippen LogP contribution in [0.1, 0.15) is 50.0 Å². The van der Waals surface area contributed by atoms with Gasteiger partial charge in [-0.1, -0.05) is 31.2 Å². The molecule has 2 amide bonds. The van der Waals surface area contributed by atoms with Crippen LogP contribution < -0.4 is 0 Å². The second kappa shape index (κ2) is 5.78. The van der Waals surface area contributed by atoms with Crippen molar-refractivity contribution in [2.24, 2.45) is 5.41 Å². The van der Waals surface area contributed by atoms with E-state index in [0.717, 1.165) is 36.5 Å². The quantitative estimate of drug-likeness (QED) is 0.782. The van der Waals surface area contributed by atoms with Gasteiger partial charge >= 0.3 is 0 Å². The van der Waals surface area contributed by atoms with Crippen LogP contribution in [0.15, 0.2) is 36.5 Å². The third-order valence-corrected chi connectivity index (χ3v) is 7.18. The topological polar surface area (TPSA) is 53.5 Å². The van der Waals surface area contributed by atoms with Crippen LogP contribution in [0.25, 0.3) is 10.8 Å². The predicted molar refractivity (Wildman–Crippen MR) is 103 cm³/mol. The molecule has 3 heterocycles. The Kier molecular flexibility index (Phi) is 3.58. The van der Waals surface area contributed by atoms with Crippen molar-refractivity contribution < 1.29 is 9.59 Å². The highest BCUT2D eigenvalue weighted by Gasteiger charge is 2.61. The van der Waals surface area contributed by atoms with Gasteiger partial charge in [0.05, 0.1) is 6.04 Å². The molecule has 27 heavy (non-hydrogen) atoms. The number of rotatable bonds is 1. The lowest BCUT2D eigenvalue weighted by Gasteiger charge is -2.49. The number of nitrogens with zero attached hydrogens (tertiary/aromatic N) is 3.